The Hall–Kier alpha value is -4.07. The molecule has 1 N–H and O–H groups in total. The molecule has 2 aromatic carbocycles. The summed E-state index contributed by atoms with van der Waals surface area (Å²) in [4.78, 5) is 37.9. The van der Waals surface area contributed by atoms with Crippen molar-refractivity contribution >= 4 is 27.6 Å². The summed E-state index contributed by atoms with van der Waals surface area (Å²) >= 11 is 0. The monoisotopic (exact) mass is 524 g/mol. The maximum Gasteiger partial charge on any atom is 0.416 e. The fraction of sp³-hybridized carbons (Fsp3) is 0.227. The van der Waals surface area contributed by atoms with Crippen molar-refractivity contribution in [1.82, 2.24) is 9.13 Å². The Labute approximate surface area is 202 Å². The zero-order valence-corrected chi connectivity index (χ0v) is 19.9. The molecule has 0 saturated heterocycles. The molecule has 1 aliphatic heterocycles. The largest absolute Gasteiger partial charge is 0.477 e. The molecule has 0 saturated carbocycles. The van der Waals surface area contributed by atoms with Gasteiger partial charge < -0.3 is 5.11 Å². The first kappa shape index (κ1) is 25.0. The van der Waals surface area contributed by atoms with Crippen molar-refractivity contribution in [1.29, 1.82) is 0 Å². The van der Waals surface area contributed by atoms with Crippen LogP contribution in [0.4, 0.5) is 24.5 Å². The number of hydrogen-bond acceptors (Lipinski definition) is 5. The number of carboxylic acid groups (broad SMARTS) is 1. The first-order chi connectivity index (χ1) is 16.7. The third kappa shape index (κ3) is 3.82. The van der Waals surface area contributed by atoms with E-state index in [1.807, 2.05) is 0 Å². The molecule has 0 atom stereocenters. The smallest absolute Gasteiger partial charge is 0.416 e. The number of fused-ring (bicyclic) bond motifs is 1. The molecular formula is C22H19F3N4O6S. The van der Waals surface area contributed by atoms with E-state index in [1.54, 1.807) is 0 Å². The minimum absolute atomic E-state index is 0.000446. The summed E-state index contributed by atoms with van der Waals surface area (Å²) < 4.78 is 68.2. The number of carbonyl (C=O) groups is 1. The molecule has 0 spiro atoms. The Morgan fingerprint density at radius 2 is 1.67 bits per heavy atom. The summed E-state index contributed by atoms with van der Waals surface area (Å²) in [7, 11) is -1.20. The van der Waals surface area contributed by atoms with Crippen LogP contribution in [0, 0.1) is 6.92 Å². The summed E-state index contributed by atoms with van der Waals surface area (Å²) in [6, 6.07) is 7.39. The van der Waals surface area contributed by atoms with Gasteiger partial charge in [0.15, 0.2) is 0 Å². The molecule has 14 heteroatoms. The highest BCUT2D eigenvalue weighted by molar-refractivity contribution is 7.94. The number of anilines is 2. The van der Waals surface area contributed by atoms with Crippen LogP contribution in [0.5, 0.6) is 0 Å². The molecule has 0 aliphatic carbocycles. The molecule has 10 nitrogen and oxygen atoms in total. The van der Waals surface area contributed by atoms with E-state index in [0.717, 1.165) is 31.5 Å². The Balaban J connectivity index is 1.92. The zero-order chi connectivity index (χ0) is 26.7. The van der Waals surface area contributed by atoms with Gasteiger partial charge in [0.25, 0.3) is 5.56 Å². The van der Waals surface area contributed by atoms with E-state index >= 15 is 0 Å². The molecule has 0 fully saturated rings. The van der Waals surface area contributed by atoms with Gasteiger partial charge in [-0.05, 0) is 42.3 Å². The fourth-order valence-corrected chi connectivity index (χ4v) is 5.18. The normalized spacial score (nSPS) is 14.7. The maximum absolute atomic E-state index is 13.3. The summed E-state index contributed by atoms with van der Waals surface area (Å²) in [6.45, 7) is 0.576. The van der Waals surface area contributed by atoms with E-state index in [4.69, 9.17) is 0 Å². The molecule has 2 heterocycles. The fourth-order valence-electron chi connectivity index (χ4n) is 4.02. The number of aromatic carboxylic acids is 1. The first-order valence-electron chi connectivity index (χ1n) is 10.3. The lowest BCUT2D eigenvalue weighted by Crippen LogP contribution is -2.42. The maximum atomic E-state index is 13.3. The molecule has 0 unspecified atom stereocenters. The molecule has 36 heavy (non-hydrogen) atoms. The van der Waals surface area contributed by atoms with Crippen molar-refractivity contribution in [2.24, 2.45) is 0 Å². The lowest BCUT2D eigenvalue weighted by Gasteiger charge is -2.16. The van der Waals surface area contributed by atoms with E-state index in [9.17, 15) is 41.1 Å². The molecule has 4 rings (SSSR count). The SMILES string of the molecule is Cc1c(Cn2c(=O)c(C(=O)O)cn(-c3ccc4c(c3)N(C)S(=O)(=O)N4C)c2=O)cccc1C(F)(F)F. The second kappa shape index (κ2) is 8.26. The molecular weight excluding hydrogens is 505 g/mol. The van der Waals surface area contributed by atoms with Crippen molar-refractivity contribution in [2.45, 2.75) is 19.6 Å². The van der Waals surface area contributed by atoms with Crippen LogP contribution < -0.4 is 19.9 Å². The van der Waals surface area contributed by atoms with Crippen molar-refractivity contribution < 1.29 is 31.5 Å². The van der Waals surface area contributed by atoms with Gasteiger partial charge in [0, 0.05) is 20.3 Å². The lowest BCUT2D eigenvalue weighted by molar-refractivity contribution is -0.138. The molecule has 0 amide bonds. The first-order valence-corrected chi connectivity index (χ1v) is 11.7. The highest BCUT2D eigenvalue weighted by atomic mass is 32.2. The van der Waals surface area contributed by atoms with Crippen LogP contribution in [0.2, 0.25) is 0 Å². The Morgan fingerprint density at radius 1 is 1.03 bits per heavy atom. The predicted molar refractivity (Wildman–Crippen MR) is 124 cm³/mol. The van der Waals surface area contributed by atoms with Gasteiger partial charge in [-0.15, -0.1) is 0 Å². The number of halogens is 3. The third-order valence-electron chi connectivity index (χ3n) is 6.09. The topological polar surface area (TPSA) is 122 Å². The van der Waals surface area contributed by atoms with Crippen LogP contribution in [-0.4, -0.2) is 42.7 Å². The number of rotatable bonds is 4. The Bertz CT molecular complexity index is 1640. The Morgan fingerprint density at radius 3 is 2.28 bits per heavy atom. The van der Waals surface area contributed by atoms with E-state index in [1.165, 1.54) is 45.3 Å². The van der Waals surface area contributed by atoms with Crippen molar-refractivity contribution in [2.75, 3.05) is 22.7 Å². The van der Waals surface area contributed by atoms with E-state index in [2.05, 4.69) is 0 Å². The molecule has 3 aromatic rings. The van der Waals surface area contributed by atoms with Gasteiger partial charge in [-0.3, -0.25) is 22.5 Å². The quantitative estimate of drug-likeness (QED) is 0.559. The minimum atomic E-state index is -4.67. The standard InChI is InChI=1S/C22H19F3N4O6S/c1-12-13(5-4-6-16(12)22(23,24)25)10-29-19(30)15(20(31)32)11-28(21(29)33)14-7-8-17-18(9-14)27(3)36(34,35)26(17)2/h4-9,11H,10H2,1-3H3,(H,31,32). The third-order valence-corrected chi connectivity index (χ3v) is 7.87. The number of aromatic nitrogens is 2. The van der Waals surface area contributed by atoms with Crippen LogP contribution in [0.25, 0.3) is 5.69 Å². The number of alkyl halides is 3. The number of benzene rings is 2. The van der Waals surface area contributed by atoms with Gasteiger partial charge in [0.2, 0.25) is 0 Å². The van der Waals surface area contributed by atoms with Gasteiger partial charge >= 0.3 is 28.0 Å². The average Bonchev–Trinajstić information content (AvgIpc) is 2.96. The van der Waals surface area contributed by atoms with Crippen LogP contribution >= 0.6 is 0 Å². The van der Waals surface area contributed by atoms with Crippen molar-refractivity contribution in [3.63, 3.8) is 0 Å². The highest BCUT2D eigenvalue weighted by Gasteiger charge is 2.36. The predicted octanol–water partition coefficient (Wildman–Crippen LogP) is 2.20. The zero-order valence-electron chi connectivity index (χ0n) is 19.1. The van der Waals surface area contributed by atoms with E-state index < -0.39 is 51.3 Å². The summed E-state index contributed by atoms with van der Waals surface area (Å²) in [5.41, 5.74) is -3.61. The average molecular weight is 524 g/mol. The second-order valence-electron chi connectivity index (χ2n) is 8.10. The van der Waals surface area contributed by atoms with Crippen molar-refractivity contribution in [3.05, 3.63) is 85.7 Å². The van der Waals surface area contributed by atoms with Crippen LogP contribution in [0.1, 0.15) is 27.0 Å². The van der Waals surface area contributed by atoms with Crippen LogP contribution in [-0.2, 0) is 22.9 Å². The second-order valence-corrected chi connectivity index (χ2v) is 10.1. The molecule has 1 aromatic heterocycles. The van der Waals surface area contributed by atoms with Gasteiger partial charge in [0.05, 0.1) is 29.2 Å². The number of hydrogen-bond donors (Lipinski definition) is 1. The summed E-state index contributed by atoms with van der Waals surface area (Å²) in [6.07, 6.45) is -3.87. The number of nitrogens with zero attached hydrogens (tertiary/aromatic N) is 4. The van der Waals surface area contributed by atoms with Gasteiger partial charge in [0.1, 0.15) is 5.56 Å². The van der Waals surface area contributed by atoms with Gasteiger partial charge in [-0.25, -0.2) is 9.59 Å². The molecule has 0 radical (unpaired) electrons. The molecule has 1 aliphatic rings. The summed E-state index contributed by atoms with van der Waals surface area (Å²) in [5, 5.41) is 9.55. The van der Waals surface area contributed by atoms with Gasteiger partial charge in [-0.1, -0.05) is 12.1 Å². The molecule has 190 valence electrons. The minimum Gasteiger partial charge on any atom is -0.477 e. The van der Waals surface area contributed by atoms with E-state index in [-0.39, 0.29) is 22.5 Å². The highest BCUT2D eigenvalue weighted by Crippen LogP contribution is 2.39. The van der Waals surface area contributed by atoms with Crippen LogP contribution in [0.15, 0.2) is 52.2 Å². The van der Waals surface area contributed by atoms with E-state index in [0.29, 0.717) is 10.3 Å². The molecule has 0 bridgehead atoms. The Kier molecular flexibility index (Phi) is 5.74. The number of carboxylic acids is 1. The lowest BCUT2D eigenvalue weighted by atomic mass is 10.0. The summed E-state index contributed by atoms with van der Waals surface area (Å²) in [5.74, 6) is -1.65. The van der Waals surface area contributed by atoms with Gasteiger partial charge in [-0.2, -0.15) is 21.6 Å². The van der Waals surface area contributed by atoms with Crippen LogP contribution in [0.3, 0.4) is 0 Å². The van der Waals surface area contributed by atoms with Crippen molar-refractivity contribution in [3.8, 4) is 5.69 Å².